The van der Waals surface area contributed by atoms with E-state index in [0.29, 0.717) is 0 Å². The minimum atomic E-state index is -0.594. The van der Waals surface area contributed by atoms with Crippen molar-refractivity contribution in [3.05, 3.63) is 33.8 Å². The standard InChI is InChI=1S/C7H7NOS/c1-8-4-7(9)6-2-3-10-5-6/h2-3,5,7,9H,4H2. The molecule has 0 spiro atoms. The first kappa shape index (κ1) is 7.26. The van der Waals surface area contributed by atoms with Crippen LogP contribution in [0.1, 0.15) is 11.7 Å². The topological polar surface area (TPSA) is 24.6 Å². The predicted molar refractivity (Wildman–Crippen MR) is 40.7 cm³/mol. The third-order valence-electron chi connectivity index (χ3n) is 1.19. The fourth-order valence-electron chi connectivity index (χ4n) is 0.656. The van der Waals surface area contributed by atoms with Crippen LogP contribution in [-0.2, 0) is 0 Å². The molecule has 3 heteroatoms. The lowest BCUT2D eigenvalue weighted by Gasteiger charge is -1.97. The Labute approximate surface area is 63.6 Å². The molecule has 2 nitrogen and oxygen atoms in total. The van der Waals surface area contributed by atoms with E-state index in [1.54, 1.807) is 0 Å². The monoisotopic (exact) mass is 153 g/mol. The molecule has 1 unspecified atom stereocenters. The molecular formula is C7H7NOS. The van der Waals surface area contributed by atoms with Gasteiger partial charge in [-0.05, 0) is 22.4 Å². The Bertz CT molecular complexity index is 224. The van der Waals surface area contributed by atoms with Crippen molar-refractivity contribution >= 4 is 11.3 Å². The summed E-state index contributed by atoms with van der Waals surface area (Å²) in [7, 11) is 0. The number of hydrogen-bond acceptors (Lipinski definition) is 2. The van der Waals surface area contributed by atoms with Gasteiger partial charge in [-0.3, -0.25) is 0 Å². The number of aliphatic hydroxyl groups excluding tert-OH is 1. The van der Waals surface area contributed by atoms with Gasteiger partial charge in [-0.15, -0.1) is 0 Å². The lowest BCUT2D eigenvalue weighted by Crippen LogP contribution is -1.97. The van der Waals surface area contributed by atoms with E-state index >= 15 is 0 Å². The average Bonchev–Trinajstić information content (AvgIpc) is 2.38. The largest absolute Gasteiger partial charge is 0.381 e. The summed E-state index contributed by atoms with van der Waals surface area (Å²) in [5.74, 6) is 0. The van der Waals surface area contributed by atoms with Gasteiger partial charge < -0.3 is 9.95 Å². The second kappa shape index (κ2) is 3.35. The molecule has 52 valence electrons. The Morgan fingerprint density at radius 1 is 1.80 bits per heavy atom. The van der Waals surface area contributed by atoms with Gasteiger partial charge >= 0.3 is 0 Å². The summed E-state index contributed by atoms with van der Waals surface area (Å²) in [5, 5.41) is 13.0. The lowest BCUT2D eigenvalue weighted by atomic mass is 10.2. The molecule has 1 N–H and O–H groups in total. The Balaban J connectivity index is 2.61. The molecular weight excluding hydrogens is 146 g/mol. The molecule has 0 saturated carbocycles. The summed E-state index contributed by atoms with van der Waals surface area (Å²) in [6, 6.07) is 1.83. The molecule has 1 heterocycles. The summed E-state index contributed by atoms with van der Waals surface area (Å²) in [6.07, 6.45) is -0.594. The van der Waals surface area contributed by atoms with Crippen LogP contribution in [0.3, 0.4) is 0 Å². The molecule has 0 aliphatic carbocycles. The van der Waals surface area contributed by atoms with E-state index in [-0.39, 0.29) is 6.54 Å². The summed E-state index contributed by atoms with van der Waals surface area (Å²) in [5.41, 5.74) is 0.848. The number of nitrogens with zero attached hydrogens (tertiary/aromatic N) is 1. The quantitative estimate of drug-likeness (QED) is 0.642. The maximum atomic E-state index is 9.20. The van der Waals surface area contributed by atoms with E-state index in [2.05, 4.69) is 4.85 Å². The second-order valence-electron chi connectivity index (χ2n) is 1.91. The minimum Gasteiger partial charge on any atom is -0.381 e. The van der Waals surface area contributed by atoms with Crippen molar-refractivity contribution in [1.29, 1.82) is 0 Å². The van der Waals surface area contributed by atoms with Gasteiger partial charge in [-0.1, -0.05) is 0 Å². The molecule has 1 rings (SSSR count). The third-order valence-corrected chi connectivity index (χ3v) is 1.89. The van der Waals surface area contributed by atoms with Crippen LogP contribution in [0.2, 0.25) is 0 Å². The Hall–Kier alpha value is -0.850. The normalized spacial score (nSPS) is 12.4. The van der Waals surface area contributed by atoms with E-state index < -0.39 is 6.10 Å². The van der Waals surface area contributed by atoms with Crippen LogP contribution in [0.4, 0.5) is 0 Å². The highest BCUT2D eigenvalue weighted by Crippen LogP contribution is 2.15. The summed E-state index contributed by atoms with van der Waals surface area (Å²) >= 11 is 1.53. The van der Waals surface area contributed by atoms with E-state index in [1.165, 1.54) is 11.3 Å². The highest BCUT2D eigenvalue weighted by molar-refractivity contribution is 7.07. The number of aliphatic hydroxyl groups is 1. The van der Waals surface area contributed by atoms with E-state index in [4.69, 9.17) is 6.57 Å². The molecule has 10 heavy (non-hydrogen) atoms. The summed E-state index contributed by atoms with van der Waals surface area (Å²) in [6.45, 7) is 6.67. The molecule has 0 fully saturated rings. The van der Waals surface area contributed by atoms with Gasteiger partial charge in [-0.25, -0.2) is 6.57 Å². The van der Waals surface area contributed by atoms with Crippen molar-refractivity contribution in [2.75, 3.05) is 6.54 Å². The first-order chi connectivity index (χ1) is 4.84. The number of thiophene rings is 1. The molecule has 0 saturated heterocycles. The van der Waals surface area contributed by atoms with Gasteiger partial charge in [-0.2, -0.15) is 11.3 Å². The zero-order valence-corrected chi connectivity index (χ0v) is 6.14. The number of rotatable bonds is 2. The molecule has 1 aromatic rings. The minimum absolute atomic E-state index is 0.163. The summed E-state index contributed by atoms with van der Waals surface area (Å²) in [4.78, 5) is 3.10. The van der Waals surface area contributed by atoms with E-state index in [9.17, 15) is 5.11 Å². The van der Waals surface area contributed by atoms with E-state index in [0.717, 1.165) is 5.56 Å². The molecule has 0 aliphatic heterocycles. The maximum absolute atomic E-state index is 9.20. The lowest BCUT2D eigenvalue weighted by molar-refractivity contribution is 0.196. The van der Waals surface area contributed by atoms with Gasteiger partial charge in [0.2, 0.25) is 6.54 Å². The highest BCUT2D eigenvalue weighted by Gasteiger charge is 2.08. The number of hydrogen-bond donors (Lipinski definition) is 1. The predicted octanol–water partition coefficient (Wildman–Crippen LogP) is 1.70. The molecule has 1 atom stereocenters. The molecule has 0 bridgehead atoms. The van der Waals surface area contributed by atoms with Gasteiger partial charge in [0.15, 0.2) is 6.10 Å². The van der Waals surface area contributed by atoms with Crippen LogP contribution in [0.15, 0.2) is 16.8 Å². The molecule has 0 radical (unpaired) electrons. The van der Waals surface area contributed by atoms with Crippen LogP contribution in [0, 0.1) is 6.57 Å². The SMILES string of the molecule is [C-]#[N+]CC(O)c1ccsc1. The fourth-order valence-corrected chi connectivity index (χ4v) is 1.36. The first-order valence-electron chi connectivity index (χ1n) is 2.88. The van der Waals surface area contributed by atoms with Crippen LogP contribution >= 0.6 is 11.3 Å². The average molecular weight is 153 g/mol. The Kier molecular flexibility index (Phi) is 2.43. The zero-order chi connectivity index (χ0) is 7.40. The van der Waals surface area contributed by atoms with E-state index in [1.807, 2.05) is 16.8 Å². The second-order valence-corrected chi connectivity index (χ2v) is 2.69. The highest BCUT2D eigenvalue weighted by atomic mass is 32.1. The van der Waals surface area contributed by atoms with Crippen molar-refractivity contribution in [2.45, 2.75) is 6.10 Å². The van der Waals surface area contributed by atoms with Crippen LogP contribution in [0.5, 0.6) is 0 Å². The molecule has 0 aliphatic rings. The Morgan fingerprint density at radius 3 is 3.10 bits per heavy atom. The van der Waals surface area contributed by atoms with Gasteiger partial charge in [0, 0.05) is 0 Å². The molecule has 1 aromatic heterocycles. The van der Waals surface area contributed by atoms with Gasteiger partial charge in [0.1, 0.15) is 0 Å². The van der Waals surface area contributed by atoms with Gasteiger partial charge in [0.05, 0.1) is 0 Å². The van der Waals surface area contributed by atoms with Crippen molar-refractivity contribution in [2.24, 2.45) is 0 Å². The van der Waals surface area contributed by atoms with Crippen molar-refractivity contribution in [1.82, 2.24) is 0 Å². The fraction of sp³-hybridized carbons (Fsp3) is 0.286. The maximum Gasteiger partial charge on any atom is 0.244 e. The first-order valence-corrected chi connectivity index (χ1v) is 3.82. The van der Waals surface area contributed by atoms with Crippen molar-refractivity contribution in [3.8, 4) is 0 Å². The van der Waals surface area contributed by atoms with Crippen LogP contribution in [-0.4, -0.2) is 11.7 Å². The van der Waals surface area contributed by atoms with Crippen molar-refractivity contribution in [3.63, 3.8) is 0 Å². The van der Waals surface area contributed by atoms with Gasteiger partial charge in [0.25, 0.3) is 0 Å². The van der Waals surface area contributed by atoms with Crippen LogP contribution in [0.25, 0.3) is 4.85 Å². The zero-order valence-electron chi connectivity index (χ0n) is 5.32. The molecule has 0 amide bonds. The van der Waals surface area contributed by atoms with Crippen LogP contribution < -0.4 is 0 Å². The molecule has 0 aromatic carbocycles. The summed E-state index contributed by atoms with van der Waals surface area (Å²) < 4.78 is 0. The smallest absolute Gasteiger partial charge is 0.244 e. The van der Waals surface area contributed by atoms with Crippen molar-refractivity contribution < 1.29 is 5.11 Å². The third kappa shape index (κ3) is 1.56. The Morgan fingerprint density at radius 2 is 2.60 bits per heavy atom.